The van der Waals surface area contributed by atoms with Gasteiger partial charge in [0, 0.05) is 48.4 Å². The van der Waals surface area contributed by atoms with Crippen molar-refractivity contribution < 1.29 is 13.2 Å². The molecule has 0 radical (unpaired) electrons. The number of hydrogen-bond donors (Lipinski definition) is 3. The Balaban J connectivity index is 0.00000361. The second-order valence-corrected chi connectivity index (χ2v) is 9.95. The van der Waals surface area contributed by atoms with E-state index in [0.29, 0.717) is 29.3 Å². The maximum atomic E-state index is 12.3. The topological polar surface area (TPSA) is 126 Å². The lowest BCUT2D eigenvalue weighted by molar-refractivity contribution is 0.0964. The molecule has 0 fully saturated rings. The van der Waals surface area contributed by atoms with E-state index in [4.69, 9.17) is 0 Å². The fraction of sp³-hybridized carbons (Fsp3) is 0.200. The molecule has 0 aliphatic carbocycles. The summed E-state index contributed by atoms with van der Waals surface area (Å²) in [6, 6.07) is 16.4. The molecule has 2 aromatic heterocycles. The first-order valence-corrected chi connectivity index (χ1v) is 12.9. The molecule has 4 rings (SSSR count). The van der Waals surface area contributed by atoms with Crippen molar-refractivity contribution in [2.45, 2.75) is 12.8 Å². The van der Waals surface area contributed by atoms with Crippen molar-refractivity contribution in [3.63, 3.8) is 0 Å². The van der Waals surface area contributed by atoms with Crippen LogP contribution in [0.5, 0.6) is 0 Å². The van der Waals surface area contributed by atoms with Crippen LogP contribution in [0.1, 0.15) is 28.8 Å². The van der Waals surface area contributed by atoms with Crippen molar-refractivity contribution in [3.05, 3.63) is 78.2 Å². The molecule has 0 unspecified atom stereocenters. The Kier molecular flexibility index (Phi) is 8.49. The average molecular weight is 525 g/mol. The molecule has 0 saturated heterocycles. The molecule has 0 spiro atoms. The van der Waals surface area contributed by atoms with Crippen molar-refractivity contribution >= 4 is 51.8 Å². The zero-order chi connectivity index (χ0) is 25.0. The van der Waals surface area contributed by atoms with Gasteiger partial charge in [-0.05, 0) is 23.8 Å². The first-order valence-electron chi connectivity index (χ1n) is 11.0. The Morgan fingerprint density at radius 2 is 1.78 bits per heavy atom. The summed E-state index contributed by atoms with van der Waals surface area (Å²) in [6.07, 6.45) is 4.25. The molecule has 11 heteroatoms. The third-order valence-corrected chi connectivity index (χ3v) is 6.15. The minimum atomic E-state index is -3.33. The molecule has 0 bridgehead atoms. The fourth-order valence-corrected chi connectivity index (χ4v) is 4.40. The van der Waals surface area contributed by atoms with Gasteiger partial charge in [0.1, 0.15) is 12.1 Å². The van der Waals surface area contributed by atoms with Crippen molar-refractivity contribution in [1.29, 1.82) is 0 Å². The van der Waals surface area contributed by atoms with Crippen LogP contribution in [0, 0.1) is 0 Å². The number of nitrogens with one attached hydrogen (secondary N) is 3. The lowest BCUT2D eigenvalue weighted by Gasteiger charge is -2.16. The number of amides is 1. The Labute approximate surface area is 217 Å². The van der Waals surface area contributed by atoms with E-state index in [-0.39, 0.29) is 25.3 Å². The summed E-state index contributed by atoms with van der Waals surface area (Å²) in [5, 5.41) is 6.85. The smallest absolute Gasteiger partial charge is 0.251 e. The maximum absolute atomic E-state index is 12.3. The first kappa shape index (κ1) is 26.9. The predicted molar refractivity (Wildman–Crippen MR) is 148 cm³/mol. The molecule has 9 nitrogen and oxygen atoms in total. The summed E-state index contributed by atoms with van der Waals surface area (Å²) < 4.78 is 25.2. The third kappa shape index (κ3) is 6.29. The number of carbonyl (C=O) groups is 1. The number of pyridine rings is 1. The van der Waals surface area contributed by atoms with Gasteiger partial charge in [-0.3, -0.25) is 14.5 Å². The Morgan fingerprint density at radius 1 is 1.03 bits per heavy atom. The number of rotatable bonds is 8. The molecule has 3 N–H and O–H groups in total. The monoisotopic (exact) mass is 524 g/mol. The SMILES string of the molecule is CNC(=O)c1ccnc2c([C@H](C)CNc3cc(-c4ccc(NS(C)(=O)=O)cc4)ncn3)cccc12.S. The van der Waals surface area contributed by atoms with Gasteiger partial charge in [-0.15, -0.1) is 0 Å². The Bertz CT molecular complexity index is 1480. The number of carbonyl (C=O) groups excluding carboxylic acids is 1. The minimum absolute atomic E-state index is 0. The summed E-state index contributed by atoms with van der Waals surface area (Å²) in [6.45, 7) is 2.68. The van der Waals surface area contributed by atoms with E-state index in [1.165, 1.54) is 6.33 Å². The van der Waals surface area contributed by atoms with Crippen LogP contribution in [0.3, 0.4) is 0 Å². The van der Waals surface area contributed by atoms with Crippen LogP contribution < -0.4 is 15.4 Å². The molecular formula is C25H28N6O3S2. The number of fused-ring (bicyclic) bond motifs is 1. The van der Waals surface area contributed by atoms with Gasteiger partial charge in [0.15, 0.2) is 0 Å². The third-order valence-electron chi connectivity index (χ3n) is 5.55. The Hall–Kier alpha value is -3.70. The molecule has 1 amide bonds. The van der Waals surface area contributed by atoms with Gasteiger partial charge in [0.05, 0.1) is 23.0 Å². The highest BCUT2D eigenvalue weighted by Crippen LogP contribution is 2.27. The molecule has 4 aromatic rings. The number of aromatic nitrogens is 3. The zero-order valence-corrected chi connectivity index (χ0v) is 21.9. The Morgan fingerprint density at radius 3 is 2.47 bits per heavy atom. The summed E-state index contributed by atoms with van der Waals surface area (Å²) in [7, 11) is -1.72. The van der Waals surface area contributed by atoms with Crippen LogP contribution in [0.25, 0.3) is 22.2 Å². The van der Waals surface area contributed by atoms with E-state index in [1.54, 1.807) is 43.6 Å². The standard InChI is InChI=1S/C25H26N6O3S.H2S/c1-16(19-5-4-6-20-21(25(32)26-2)11-12-27-24(19)20)14-28-23-13-22(29-15-30-23)17-7-9-18(10-8-17)31-35(3,33)34;/h4-13,15-16,31H,14H2,1-3H3,(H,26,32)(H,28,29,30);1H2/t16-;/m1./s1. The number of hydrogen-bond acceptors (Lipinski definition) is 7. The lowest BCUT2D eigenvalue weighted by atomic mass is 9.96. The van der Waals surface area contributed by atoms with Crippen LogP contribution >= 0.6 is 13.5 Å². The van der Waals surface area contributed by atoms with E-state index >= 15 is 0 Å². The molecule has 36 heavy (non-hydrogen) atoms. The van der Waals surface area contributed by atoms with Crippen LogP contribution in [-0.2, 0) is 10.0 Å². The number of sulfonamides is 1. The van der Waals surface area contributed by atoms with Gasteiger partial charge in [-0.2, -0.15) is 13.5 Å². The number of para-hydroxylation sites is 1. The fourth-order valence-electron chi connectivity index (χ4n) is 3.83. The lowest BCUT2D eigenvalue weighted by Crippen LogP contribution is -2.18. The van der Waals surface area contributed by atoms with E-state index in [9.17, 15) is 13.2 Å². The quantitative estimate of drug-likeness (QED) is 0.320. The number of benzene rings is 2. The number of anilines is 2. The van der Waals surface area contributed by atoms with E-state index in [2.05, 4.69) is 37.2 Å². The molecule has 0 aliphatic heterocycles. The van der Waals surface area contributed by atoms with Gasteiger partial charge in [-0.25, -0.2) is 18.4 Å². The van der Waals surface area contributed by atoms with E-state index in [1.807, 2.05) is 24.3 Å². The molecule has 188 valence electrons. The van der Waals surface area contributed by atoms with E-state index in [0.717, 1.165) is 28.3 Å². The first-order chi connectivity index (χ1) is 16.7. The molecule has 1 atom stereocenters. The average Bonchev–Trinajstić information content (AvgIpc) is 2.85. The zero-order valence-electron chi connectivity index (χ0n) is 20.1. The second-order valence-electron chi connectivity index (χ2n) is 8.20. The van der Waals surface area contributed by atoms with Crippen molar-refractivity contribution in [3.8, 4) is 11.3 Å². The summed E-state index contributed by atoms with van der Waals surface area (Å²) in [4.78, 5) is 25.5. The molecule has 2 heterocycles. The summed E-state index contributed by atoms with van der Waals surface area (Å²) in [5.74, 6) is 0.610. The summed E-state index contributed by atoms with van der Waals surface area (Å²) >= 11 is 0. The number of nitrogens with zero attached hydrogens (tertiary/aromatic N) is 3. The van der Waals surface area contributed by atoms with Crippen LogP contribution in [0.15, 0.2) is 67.1 Å². The highest BCUT2D eigenvalue weighted by Gasteiger charge is 2.15. The van der Waals surface area contributed by atoms with Gasteiger partial charge in [0.25, 0.3) is 5.91 Å². The van der Waals surface area contributed by atoms with Crippen molar-refractivity contribution in [1.82, 2.24) is 20.3 Å². The van der Waals surface area contributed by atoms with Crippen LogP contribution in [0.2, 0.25) is 0 Å². The van der Waals surface area contributed by atoms with Gasteiger partial charge < -0.3 is 10.6 Å². The largest absolute Gasteiger partial charge is 0.369 e. The summed E-state index contributed by atoms with van der Waals surface area (Å²) in [5.41, 5.74) is 4.46. The predicted octanol–water partition coefficient (Wildman–Crippen LogP) is 3.75. The van der Waals surface area contributed by atoms with E-state index < -0.39 is 10.0 Å². The van der Waals surface area contributed by atoms with Gasteiger partial charge >= 0.3 is 0 Å². The van der Waals surface area contributed by atoms with Crippen LogP contribution in [0.4, 0.5) is 11.5 Å². The molecule has 0 saturated carbocycles. The molecule has 2 aromatic carbocycles. The highest BCUT2D eigenvalue weighted by atomic mass is 32.2. The van der Waals surface area contributed by atoms with Crippen molar-refractivity contribution in [2.75, 3.05) is 29.9 Å². The molecular weight excluding hydrogens is 496 g/mol. The van der Waals surface area contributed by atoms with Crippen molar-refractivity contribution in [2.24, 2.45) is 0 Å². The highest BCUT2D eigenvalue weighted by molar-refractivity contribution is 7.92. The van der Waals surface area contributed by atoms with Gasteiger partial charge in [-0.1, -0.05) is 37.3 Å². The molecule has 0 aliphatic rings. The normalized spacial score (nSPS) is 11.9. The van der Waals surface area contributed by atoms with Crippen LogP contribution in [-0.4, -0.2) is 49.1 Å². The minimum Gasteiger partial charge on any atom is -0.369 e. The maximum Gasteiger partial charge on any atom is 0.251 e. The second kappa shape index (κ2) is 11.4. The van der Waals surface area contributed by atoms with Gasteiger partial charge in [0.2, 0.25) is 10.0 Å².